The molecule has 0 nitrogen and oxygen atoms in total. The predicted molar refractivity (Wildman–Crippen MR) is 64.1 cm³/mol. The van der Waals surface area contributed by atoms with E-state index in [-0.39, 0.29) is 0 Å². The summed E-state index contributed by atoms with van der Waals surface area (Å²) in [5.41, 5.74) is 4.59. The molecule has 0 spiro atoms. The van der Waals surface area contributed by atoms with E-state index in [9.17, 15) is 0 Å². The molecule has 0 aromatic heterocycles. The lowest BCUT2D eigenvalue weighted by molar-refractivity contribution is 0.480. The van der Waals surface area contributed by atoms with Gasteiger partial charge in [0.2, 0.25) is 0 Å². The highest BCUT2D eigenvalue weighted by Gasteiger charge is 2.42. The maximum Gasteiger partial charge on any atom is -0.0103 e. The highest BCUT2D eigenvalue weighted by molar-refractivity contribution is 5.35. The number of fused-ring (bicyclic) bond motifs is 2. The SMILES string of the molecule is Cc1ccc(C2C3CCC2CC3)c(C)c1. The van der Waals surface area contributed by atoms with Crippen LogP contribution in [-0.4, -0.2) is 0 Å². The Morgan fingerprint density at radius 2 is 1.53 bits per heavy atom. The van der Waals surface area contributed by atoms with Crippen LogP contribution >= 0.6 is 0 Å². The number of aryl methyl sites for hydroxylation is 2. The second-order valence-corrected chi connectivity index (χ2v) is 5.56. The van der Waals surface area contributed by atoms with Gasteiger partial charge in [0, 0.05) is 0 Å². The van der Waals surface area contributed by atoms with Crippen molar-refractivity contribution in [1.82, 2.24) is 0 Å². The topological polar surface area (TPSA) is 0 Å². The smallest absolute Gasteiger partial charge is 0.0103 e. The summed E-state index contributed by atoms with van der Waals surface area (Å²) in [7, 11) is 0. The molecular weight excluding hydrogens is 180 g/mol. The van der Waals surface area contributed by atoms with E-state index in [4.69, 9.17) is 0 Å². The van der Waals surface area contributed by atoms with Gasteiger partial charge in [-0.05, 0) is 68.4 Å². The third-order valence-electron chi connectivity index (χ3n) is 4.62. The van der Waals surface area contributed by atoms with Gasteiger partial charge < -0.3 is 0 Å². The summed E-state index contributed by atoms with van der Waals surface area (Å²) in [5, 5.41) is 0. The van der Waals surface area contributed by atoms with Crippen molar-refractivity contribution in [2.24, 2.45) is 11.8 Å². The normalized spacial score (nSPS) is 33.6. The number of hydrogen-bond acceptors (Lipinski definition) is 0. The second kappa shape index (κ2) is 3.37. The molecule has 2 saturated carbocycles. The average Bonchev–Trinajstić information content (AvgIpc) is 2.78. The predicted octanol–water partition coefficient (Wildman–Crippen LogP) is 4.21. The molecular formula is C15H20. The van der Waals surface area contributed by atoms with Gasteiger partial charge in [0.1, 0.15) is 0 Å². The van der Waals surface area contributed by atoms with E-state index in [0.717, 1.165) is 17.8 Å². The van der Waals surface area contributed by atoms with Gasteiger partial charge in [-0.2, -0.15) is 0 Å². The lowest BCUT2D eigenvalue weighted by Crippen LogP contribution is -2.05. The average molecular weight is 200 g/mol. The summed E-state index contributed by atoms with van der Waals surface area (Å²) in [4.78, 5) is 0. The molecule has 0 unspecified atom stereocenters. The maximum atomic E-state index is 2.39. The van der Waals surface area contributed by atoms with Crippen LogP contribution in [0, 0.1) is 25.7 Å². The van der Waals surface area contributed by atoms with Crippen molar-refractivity contribution in [2.45, 2.75) is 45.4 Å². The molecule has 0 atom stereocenters. The fourth-order valence-electron chi connectivity index (χ4n) is 3.96. The van der Waals surface area contributed by atoms with Crippen LogP contribution in [0.2, 0.25) is 0 Å². The summed E-state index contributed by atoms with van der Waals surface area (Å²) >= 11 is 0. The molecule has 0 radical (unpaired) electrons. The minimum atomic E-state index is 0.908. The van der Waals surface area contributed by atoms with E-state index in [0.29, 0.717) is 0 Å². The Morgan fingerprint density at radius 1 is 0.933 bits per heavy atom. The van der Waals surface area contributed by atoms with Crippen molar-refractivity contribution >= 4 is 0 Å². The van der Waals surface area contributed by atoms with Gasteiger partial charge in [-0.3, -0.25) is 0 Å². The molecule has 3 rings (SSSR count). The summed E-state index contributed by atoms with van der Waals surface area (Å²) in [6.07, 6.45) is 5.95. The molecule has 0 heterocycles. The Balaban J connectivity index is 1.99. The summed E-state index contributed by atoms with van der Waals surface area (Å²) in [6.45, 7) is 4.49. The van der Waals surface area contributed by atoms with Crippen LogP contribution < -0.4 is 0 Å². The van der Waals surface area contributed by atoms with Crippen molar-refractivity contribution in [3.63, 3.8) is 0 Å². The lowest BCUT2D eigenvalue weighted by atomic mass is 9.86. The van der Waals surface area contributed by atoms with Gasteiger partial charge in [-0.25, -0.2) is 0 Å². The largest absolute Gasteiger partial charge is 0.0590 e. The molecule has 0 amide bonds. The molecule has 2 fully saturated rings. The van der Waals surface area contributed by atoms with Crippen LogP contribution in [0.3, 0.4) is 0 Å². The first-order chi connectivity index (χ1) is 7.25. The van der Waals surface area contributed by atoms with Crippen molar-refractivity contribution in [1.29, 1.82) is 0 Å². The van der Waals surface area contributed by atoms with Crippen LogP contribution in [0.25, 0.3) is 0 Å². The van der Waals surface area contributed by atoms with Crippen LogP contribution in [-0.2, 0) is 0 Å². The Morgan fingerprint density at radius 3 is 2.07 bits per heavy atom. The first-order valence-electron chi connectivity index (χ1n) is 6.33. The van der Waals surface area contributed by atoms with E-state index < -0.39 is 0 Å². The Kier molecular flexibility index (Phi) is 2.12. The monoisotopic (exact) mass is 200 g/mol. The molecule has 0 aliphatic heterocycles. The zero-order chi connectivity index (χ0) is 10.4. The zero-order valence-corrected chi connectivity index (χ0v) is 9.79. The minimum Gasteiger partial charge on any atom is -0.0590 e. The van der Waals surface area contributed by atoms with Crippen molar-refractivity contribution in [2.75, 3.05) is 0 Å². The van der Waals surface area contributed by atoms with Gasteiger partial charge in [-0.15, -0.1) is 0 Å². The van der Waals surface area contributed by atoms with Crippen molar-refractivity contribution in [3.8, 4) is 0 Å². The van der Waals surface area contributed by atoms with Gasteiger partial charge >= 0.3 is 0 Å². The number of hydrogen-bond donors (Lipinski definition) is 0. The van der Waals surface area contributed by atoms with E-state index in [1.807, 2.05) is 0 Å². The fourth-order valence-corrected chi connectivity index (χ4v) is 3.96. The summed E-state index contributed by atoms with van der Waals surface area (Å²) in [6, 6.07) is 7.04. The quantitative estimate of drug-likeness (QED) is 0.637. The van der Waals surface area contributed by atoms with Crippen LogP contribution in [0.4, 0.5) is 0 Å². The summed E-state index contributed by atoms with van der Waals surface area (Å²) < 4.78 is 0. The van der Waals surface area contributed by atoms with Crippen LogP contribution in [0.1, 0.15) is 48.3 Å². The van der Waals surface area contributed by atoms with E-state index in [1.54, 1.807) is 5.56 Å². The van der Waals surface area contributed by atoms with E-state index in [1.165, 1.54) is 36.8 Å². The molecule has 80 valence electrons. The fraction of sp³-hybridized carbons (Fsp3) is 0.600. The first kappa shape index (κ1) is 9.45. The van der Waals surface area contributed by atoms with Gasteiger partial charge in [0.05, 0.1) is 0 Å². The van der Waals surface area contributed by atoms with Gasteiger partial charge in [0.15, 0.2) is 0 Å². The third-order valence-corrected chi connectivity index (χ3v) is 4.62. The standard InChI is InChI=1S/C15H20/c1-10-3-8-14(11(2)9-10)15-12-4-5-13(15)7-6-12/h3,8-9,12-13,15H,4-7H2,1-2H3. The van der Waals surface area contributed by atoms with Crippen molar-refractivity contribution < 1.29 is 0 Å². The number of benzene rings is 1. The Hall–Kier alpha value is -0.780. The van der Waals surface area contributed by atoms with Crippen molar-refractivity contribution in [3.05, 3.63) is 34.9 Å². The molecule has 0 heteroatoms. The van der Waals surface area contributed by atoms with Gasteiger partial charge in [-0.1, -0.05) is 23.8 Å². The molecule has 0 N–H and O–H groups in total. The first-order valence-corrected chi connectivity index (χ1v) is 6.33. The Bertz CT molecular complexity index is 358. The molecule has 1 aromatic carbocycles. The van der Waals surface area contributed by atoms with E-state index >= 15 is 0 Å². The lowest BCUT2D eigenvalue weighted by Gasteiger charge is -2.18. The highest BCUT2D eigenvalue weighted by Crippen LogP contribution is 2.54. The molecule has 2 bridgehead atoms. The second-order valence-electron chi connectivity index (χ2n) is 5.56. The third kappa shape index (κ3) is 1.42. The maximum absolute atomic E-state index is 2.39. The zero-order valence-electron chi connectivity index (χ0n) is 9.79. The van der Waals surface area contributed by atoms with Gasteiger partial charge in [0.25, 0.3) is 0 Å². The molecule has 0 saturated heterocycles. The van der Waals surface area contributed by atoms with Crippen LogP contribution in [0.5, 0.6) is 0 Å². The van der Waals surface area contributed by atoms with E-state index in [2.05, 4.69) is 32.0 Å². The molecule has 1 aromatic rings. The van der Waals surface area contributed by atoms with Crippen LogP contribution in [0.15, 0.2) is 18.2 Å². The summed E-state index contributed by atoms with van der Waals surface area (Å²) in [5.74, 6) is 2.93. The number of rotatable bonds is 1. The molecule has 2 aliphatic rings. The molecule has 15 heavy (non-hydrogen) atoms. The highest BCUT2D eigenvalue weighted by atomic mass is 14.5. The minimum absolute atomic E-state index is 0.908. The molecule has 2 aliphatic carbocycles. The Labute approximate surface area is 92.7 Å².